The lowest BCUT2D eigenvalue weighted by Crippen LogP contribution is -2.15. The molecule has 0 amide bonds. The van der Waals surface area contributed by atoms with Crippen LogP contribution in [0.5, 0.6) is 0 Å². The zero-order chi connectivity index (χ0) is 13.2. The summed E-state index contributed by atoms with van der Waals surface area (Å²) in [5.74, 6) is 0.479. The predicted molar refractivity (Wildman–Crippen MR) is 78.6 cm³/mol. The smallest absolute Gasteiger partial charge is 0.152 e. The van der Waals surface area contributed by atoms with E-state index in [1.54, 1.807) is 0 Å². The van der Waals surface area contributed by atoms with Crippen molar-refractivity contribution < 1.29 is 8.42 Å². The van der Waals surface area contributed by atoms with Gasteiger partial charge in [-0.2, -0.15) is 0 Å². The Hall–Kier alpha value is -0.810. The lowest BCUT2D eigenvalue weighted by molar-refractivity contribution is 0.588. The van der Waals surface area contributed by atoms with Gasteiger partial charge in [-0.3, -0.25) is 0 Å². The van der Waals surface area contributed by atoms with Crippen LogP contribution >= 0.6 is 15.9 Å². The number of sulfone groups is 1. The molecule has 0 spiro atoms. The molecule has 1 aromatic carbocycles. The van der Waals surface area contributed by atoms with Gasteiger partial charge in [-0.05, 0) is 30.0 Å². The van der Waals surface area contributed by atoms with E-state index in [-0.39, 0.29) is 11.5 Å². The van der Waals surface area contributed by atoms with Gasteiger partial charge in [0, 0.05) is 28.5 Å². The Bertz CT molecular complexity index is 646. The molecular weight excluding hydrogens is 314 g/mol. The first-order valence-electron chi connectivity index (χ1n) is 5.96. The second-order valence-electron chi connectivity index (χ2n) is 4.36. The van der Waals surface area contributed by atoms with Crippen molar-refractivity contribution in [3.63, 3.8) is 0 Å². The van der Waals surface area contributed by atoms with Crippen LogP contribution in [0.2, 0.25) is 0 Å². The van der Waals surface area contributed by atoms with E-state index in [1.807, 2.05) is 42.0 Å². The summed E-state index contributed by atoms with van der Waals surface area (Å²) in [5.41, 5.74) is 1.07. The van der Waals surface area contributed by atoms with Crippen molar-refractivity contribution in [1.82, 2.24) is 4.57 Å². The van der Waals surface area contributed by atoms with Crippen LogP contribution in [-0.2, 0) is 16.4 Å². The summed E-state index contributed by atoms with van der Waals surface area (Å²) < 4.78 is 26.4. The Morgan fingerprint density at radius 1 is 1.22 bits per heavy atom. The Balaban J connectivity index is 2.20. The summed E-state index contributed by atoms with van der Waals surface area (Å²) in [6, 6.07) is 8.03. The monoisotopic (exact) mass is 329 g/mol. The number of aromatic nitrogens is 1. The first kappa shape index (κ1) is 13.6. The van der Waals surface area contributed by atoms with E-state index >= 15 is 0 Å². The topological polar surface area (TPSA) is 39.1 Å². The van der Waals surface area contributed by atoms with Crippen LogP contribution < -0.4 is 0 Å². The molecule has 0 aliphatic carbocycles. The molecule has 0 saturated carbocycles. The maximum absolute atomic E-state index is 11.7. The van der Waals surface area contributed by atoms with Gasteiger partial charge in [0.15, 0.2) is 9.84 Å². The summed E-state index contributed by atoms with van der Waals surface area (Å²) >= 11 is 3.44. The number of halogens is 1. The number of nitrogens with zero attached hydrogens (tertiary/aromatic N) is 1. The molecule has 1 heterocycles. The molecule has 98 valence electrons. The second-order valence-corrected chi connectivity index (χ2v) is 7.58. The Morgan fingerprint density at radius 2 is 2.00 bits per heavy atom. The van der Waals surface area contributed by atoms with E-state index in [2.05, 4.69) is 15.9 Å². The summed E-state index contributed by atoms with van der Waals surface area (Å²) in [6.45, 7) is 2.40. The van der Waals surface area contributed by atoms with E-state index in [0.717, 1.165) is 15.4 Å². The van der Waals surface area contributed by atoms with Gasteiger partial charge in [-0.1, -0.05) is 28.9 Å². The number of benzene rings is 1. The van der Waals surface area contributed by atoms with Crippen LogP contribution in [0, 0.1) is 0 Å². The fraction of sp³-hybridized carbons (Fsp3) is 0.385. The van der Waals surface area contributed by atoms with Crippen LogP contribution in [0.4, 0.5) is 0 Å². The summed E-state index contributed by atoms with van der Waals surface area (Å²) in [7, 11) is -2.92. The van der Waals surface area contributed by atoms with Crippen LogP contribution in [0.1, 0.15) is 13.3 Å². The first-order chi connectivity index (χ1) is 8.52. The number of rotatable bonds is 5. The van der Waals surface area contributed by atoms with Gasteiger partial charge in [-0.25, -0.2) is 8.42 Å². The highest BCUT2D eigenvalue weighted by atomic mass is 79.9. The molecule has 5 heteroatoms. The number of fused-ring (bicyclic) bond motifs is 1. The average molecular weight is 330 g/mol. The van der Waals surface area contributed by atoms with Gasteiger partial charge in [-0.15, -0.1) is 0 Å². The zero-order valence-corrected chi connectivity index (χ0v) is 12.7. The van der Waals surface area contributed by atoms with Gasteiger partial charge < -0.3 is 4.57 Å². The largest absolute Gasteiger partial charge is 0.346 e. The van der Waals surface area contributed by atoms with Gasteiger partial charge in [0.05, 0.1) is 5.75 Å². The molecule has 0 radical (unpaired) electrons. The molecule has 0 saturated heterocycles. The molecule has 0 atom stereocenters. The summed E-state index contributed by atoms with van der Waals surface area (Å²) in [4.78, 5) is 0. The molecule has 0 fully saturated rings. The van der Waals surface area contributed by atoms with Crippen molar-refractivity contribution in [2.75, 3.05) is 11.5 Å². The molecule has 0 aliphatic rings. The third kappa shape index (κ3) is 3.14. The number of hydrogen-bond acceptors (Lipinski definition) is 2. The maximum Gasteiger partial charge on any atom is 0.152 e. The van der Waals surface area contributed by atoms with E-state index in [4.69, 9.17) is 0 Å². The van der Waals surface area contributed by atoms with Gasteiger partial charge in [0.25, 0.3) is 0 Å². The van der Waals surface area contributed by atoms with Crippen molar-refractivity contribution in [2.24, 2.45) is 0 Å². The minimum Gasteiger partial charge on any atom is -0.346 e. The third-order valence-electron chi connectivity index (χ3n) is 2.89. The third-order valence-corrected chi connectivity index (χ3v) is 5.22. The van der Waals surface area contributed by atoms with Crippen LogP contribution in [0.25, 0.3) is 10.9 Å². The fourth-order valence-corrected chi connectivity index (χ4v) is 3.65. The molecule has 2 rings (SSSR count). The van der Waals surface area contributed by atoms with Crippen molar-refractivity contribution in [3.05, 3.63) is 34.9 Å². The lowest BCUT2D eigenvalue weighted by atomic mass is 10.2. The van der Waals surface area contributed by atoms with Gasteiger partial charge in [0.2, 0.25) is 0 Å². The number of aryl methyl sites for hydroxylation is 1. The second kappa shape index (κ2) is 5.45. The molecule has 0 unspecified atom stereocenters. The highest BCUT2D eigenvalue weighted by Gasteiger charge is 2.10. The van der Waals surface area contributed by atoms with Crippen molar-refractivity contribution >= 4 is 36.7 Å². The predicted octanol–water partition coefficient (Wildman–Crippen LogP) is 3.23. The van der Waals surface area contributed by atoms with Crippen molar-refractivity contribution in [3.8, 4) is 0 Å². The SMILES string of the molecule is CCCS(=O)(=O)CCn1ccc2ccc(Br)cc21. The van der Waals surface area contributed by atoms with E-state index < -0.39 is 9.84 Å². The van der Waals surface area contributed by atoms with Crippen LogP contribution in [0.3, 0.4) is 0 Å². The molecule has 0 aliphatic heterocycles. The normalized spacial score (nSPS) is 12.1. The number of hydrogen-bond donors (Lipinski definition) is 0. The minimum absolute atomic E-state index is 0.205. The van der Waals surface area contributed by atoms with E-state index in [0.29, 0.717) is 13.0 Å². The molecule has 0 bridgehead atoms. The standard InChI is InChI=1S/C13H16BrNO2S/c1-2-8-18(16,17)9-7-15-6-5-11-3-4-12(14)10-13(11)15/h3-6,10H,2,7-9H2,1H3. The quantitative estimate of drug-likeness (QED) is 0.844. The van der Waals surface area contributed by atoms with E-state index in [1.165, 1.54) is 0 Å². The minimum atomic E-state index is -2.92. The molecule has 18 heavy (non-hydrogen) atoms. The lowest BCUT2D eigenvalue weighted by Gasteiger charge is -2.06. The van der Waals surface area contributed by atoms with Crippen LogP contribution in [-0.4, -0.2) is 24.5 Å². The summed E-state index contributed by atoms with van der Waals surface area (Å²) in [5, 5.41) is 1.13. The van der Waals surface area contributed by atoms with Gasteiger partial charge in [0.1, 0.15) is 0 Å². The molecule has 1 aromatic heterocycles. The highest BCUT2D eigenvalue weighted by molar-refractivity contribution is 9.10. The summed E-state index contributed by atoms with van der Waals surface area (Å²) in [6.07, 6.45) is 2.62. The molecule has 2 aromatic rings. The maximum atomic E-state index is 11.7. The first-order valence-corrected chi connectivity index (χ1v) is 8.58. The molecule has 3 nitrogen and oxygen atoms in total. The van der Waals surface area contributed by atoms with Gasteiger partial charge >= 0.3 is 0 Å². The van der Waals surface area contributed by atoms with Crippen molar-refractivity contribution in [2.45, 2.75) is 19.9 Å². The Kier molecular flexibility index (Phi) is 4.12. The zero-order valence-electron chi connectivity index (χ0n) is 10.3. The molecule has 0 N–H and O–H groups in total. The van der Waals surface area contributed by atoms with Crippen molar-refractivity contribution in [1.29, 1.82) is 0 Å². The van der Waals surface area contributed by atoms with E-state index in [9.17, 15) is 8.42 Å². The fourth-order valence-electron chi connectivity index (χ4n) is 2.00. The Morgan fingerprint density at radius 3 is 2.72 bits per heavy atom. The Labute approximate surface area is 116 Å². The highest BCUT2D eigenvalue weighted by Crippen LogP contribution is 2.21. The van der Waals surface area contributed by atoms with Crippen LogP contribution in [0.15, 0.2) is 34.9 Å². The average Bonchev–Trinajstić information content (AvgIpc) is 2.69. The molecular formula is C13H16BrNO2S.